The molecule has 1 amide bonds. The summed E-state index contributed by atoms with van der Waals surface area (Å²) in [6.45, 7) is 3.07. The van der Waals surface area contributed by atoms with Crippen LogP contribution in [-0.4, -0.2) is 52.9 Å². The van der Waals surface area contributed by atoms with Gasteiger partial charge in [0.25, 0.3) is 0 Å². The summed E-state index contributed by atoms with van der Waals surface area (Å²) in [4.78, 5) is 19.2. The van der Waals surface area contributed by atoms with Crippen LogP contribution < -0.4 is 0 Å². The van der Waals surface area contributed by atoms with Crippen molar-refractivity contribution in [3.8, 4) is 0 Å². The molecule has 1 aliphatic heterocycles. The van der Waals surface area contributed by atoms with Gasteiger partial charge in [-0.25, -0.2) is 4.98 Å². The lowest BCUT2D eigenvalue weighted by Gasteiger charge is -2.20. The number of imidazole rings is 1. The third kappa shape index (κ3) is 4.68. The number of likely N-dealkylation sites (tertiary alicyclic amines) is 1. The van der Waals surface area contributed by atoms with E-state index in [1.807, 2.05) is 23.1 Å². The van der Waals surface area contributed by atoms with E-state index < -0.39 is 0 Å². The first-order chi connectivity index (χ1) is 12.2. The zero-order valence-corrected chi connectivity index (χ0v) is 16.1. The lowest BCUT2D eigenvalue weighted by molar-refractivity contribution is -0.128. The predicted molar refractivity (Wildman–Crippen MR) is 102 cm³/mol. The van der Waals surface area contributed by atoms with Crippen molar-refractivity contribution in [3.05, 3.63) is 23.2 Å². The highest BCUT2D eigenvalue weighted by molar-refractivity contribution is 7.99. The van der Waals surface area contributed by atoms with Crippen LogP contribution in [0.25, 0.3) is 11.0 Å². The third-order valence-electron chi connectivity index (χ3n) is 4.48. The molecule has 0 bridgehead atoms. The quantitative estimate of drug-likeness (QED) is 0.713. The number of nitrogens with zero attached hydrogens (tertiary/aromatic N) is 3. The molecule has 3 rings (SSSR count). The van der Waals surface area contributed by atoms with Crippen molar-refractivity contribution in [1.29, 1.82) is 0 Å². The fourth-order valence-corrected chi connectivity index (χ4v) is 4.24. The van der Waals surface area contributed by atoms with Crippen LogP contribution in [-0.2, 0) is 16.1 Å². The zero-order valence-electron chi connectivity index (χ0n) is 14.5. The van der Waals surface area contributed by atoms with Gasteiger partial charge in [0.1, 0.15) is 0 Å². The second kappa shape index (κ2) is 8.92. The van der Waals surface area contributed by atoms with Gasteiger partial charge in [-0.2, -0.15) is 0 Å². The first kappa shape index (κ1) is 18.5. The normalized spacial score (nSPS) is 15.5. The Labute approximate surface area is 157 Å². The molecule has 0 saturated carbocycles. The number of carbonyl (C=O) groups excluding carboxylic acids is 1. The maximum atomic E-state index is 12.5. The number of methoxy groups -OCH3 is 1. The Hall–Kier alpha value is -1.24. The van der Waals surface area contributed by atoms with Crippen LogP contribution >= 0.6 is 23.4 Å². The van der Waals surface area contributed by atoms with Gasteiger partial charge in [0.15, 0.2) is 5.16 Å². The molecule has 1 saturated heterocycles. The molecule has 7 heteroatoms. The minimum Gasteiger partial charge on any atom is -0.383 e. The van der Waals surface area contributed by atoms with Gasteiger partial charge in [0.05, 0.1) is 23.4 Å². The Bertz CT molecular complexity index is 726. The number of carbonyl (C=O) groups is 1. The number of amides is 1. The molecule has 1 aliphatic rings. The van der Waals surface area contributed by atoms with Crippen LogP contribution in [0.5, 0.6) is 0 Å². The Morgan fingerprint density at radius 1 is 1.28 bits per heavy atom. The largest absolute Gasteiger partial charge is 0.383 e. The summed E-state index contributed by atoms with van der Waals surface area (Å²) >= 11 is 7.59. The standard InChI is InChI=1S/C18H24ClN3O2S/c1-24-11-10-22-16-7-6-14(19)12-15(16)20-18(22)25-13-17(23)21-8-4-2-3-5-9-21/h6-7,12H,2-5,8-11,13H2,1H3. The van der Waals surface area contributed by atoms with Gasteiger partial charge >= 0.3 is 0 Å². The van der Waals surface area contributed by atoms with Crippen LogP contribution in [0.1, 0.15) is 25.7 Å². The highest BCUT2D eigenvalue weighted by atomic mass is 35.5. The van der Waals surface area contributed by atoms with Crippen molar-refractivity contribution in [3.63, 3.8) is 0 Å². The summed E-state index contributed by atoms with van der Waals surface area (Å²) < 4.78 is 7.33. The van der Waals surface area contributed by atoms with Crippen LogP contribution in [0.15, 0.2) is 23.4 Å². The first-order valence-corrected chi connectivity index (χ1v) is 10.1. The molecule has 0 radical (unpaired) electrons. The maximum absolute atomic E-state index is 12.5. The molecule has 0 atom stereocenters. The van der Waals surface area contributed by atoms with Crippen LogP contribution in [0, 0.1) is 0 Å². The Morgan fingerprint density at radius 2 is 2.04 bits per heavy atom. The lowest BCUT2D eigenvalue weighted by Crippen LogP contribution is -2.33. The SMILES string of the molecule is COCCn1c(SCC(=O)N2CCCCCC2)nc2cc(Cl)ccc21. The molecular formula is C18H24ClN3O2S. The van der Waals surface area contributed by atoms with Gasteiger partial charge in [-0.1, -0.05) is 36.2 Å². The fourth-order valence-electron chi connectivity index (χ4n) is 3.13. The van der Waals surface area contributed by atoms with Crippen molar-refractivity contribution < 1.29 is 9.53 Å². The van der Waals surface area contributed by atoms with Crippen molar-refractivity contribution in [2.75, 3.05) is 32.6 Å². The molecule has 1 aromatic heterocycles. The van der Waals surface area contributed by atoms with Crippen LogP contribution in [0.2, 0.25) is 5.02 Å². The van der Waals surface area contributed by atoms with Crippen LogP contribution in [0.4, 0.5) is 0 Å². The number of fused-ring (bicyclic) bond motifs is 1. The predicted octanol–water partition coefficient (Wildman–Crippen LogP) is 3.83. The Balaban J connectivity index is 1.74. The molecule has 25 heavy (non-hydrogen) atoms. The second-order valence-corrected chi connectivity index (χ2v) is 7.63. The Morgan fingerprint density at radius 3 is 2.76 bits per heavy atom. The average molecular weight is 382 g/mol. The van der Waals surface area contributed by atoms with E-state index in [1.54, 1.807) is 7.11 Å². The molecule has 1 fully saturated rings. The van der Waals surface area contributed by atoms with E-state index in [1.165, 1.54) is 24.6 Å². The highest BCUT2D eigenvalue weighted by Gasteiger charge is 2.18. The van der Waals surface area contributed by atoms with E-state index in [9.17, 15) is 4.79 Å². The number of halogens is 1. The molecule has 5 nitrogen and oxygen atoms in total. The van der Waals surface area contributed by atoms with E-state index in [4.69, 9.17) is 16.3 Å². The maximum Gasteiger partial charge on any atom is 0.233 e. The summed E-state index contributed by atoms with van der Waals surface area (Å²) in [5.41, 5.74) is 1.87. The van der Waals surface area contributed by atoms with Gasteiger partial charge in [-0.3, -0.25) is 4.79 Å². The summed E-state index contributed by atoms with van der Waals surface area (Å²) in [6.07, 6.45) is 4.68. The van der Waals surface area contributed by atoms with Crippen LogP contribution in [0.3, 0.4) is 0 Å². The number of hydrogen-bond donors (Lipinski definition) is 0. The fraction of sp³-hybridized carbons (Fsp3) is 0.556. The van der Waals surface area contributed by atoms with Gasteiger partial charge in [-0.15, -0.1) is 0 Å². The van der Waals surface area contributed by atoms with Crippen molar-refractivity contribution in [1.82, 2.24) is 14.5 Å². The summed E-state index contributed by atoms with van der Waals surface area (Å²) in [6, 6.07) is 5.70. The molecule has 136 valence electrons. The van der Waals surface area contributed by atoms with E-state index in [0.29, 0.717) is 23.9 Å². The smallest absolute Gasteiger partial charge is 0.233 e. The average Bonchev–Trinajstić information content (AvgIpc) is 2.77. The topological polar surface area (TPSA) is 47.4 Å². The second-order valence-electron chi connectivity index (χ2n) is 6.26. The summed E-state index contributed by atoms with van der Waals surface area (Å²) in [5.74, 6) is 0.625. The highest BCUT2D eigenvalue weighted by Crippen LogP contribution is 2.26. The molecule has 0 aliphatic carbocycles. The van der Waals surface area contributed by atoms with E-state index in [-0.39, 0.29) is 5.91 Å². The molecule has 0 unspecified atom stereocenters. The number of ether oxygens (including phenoxy) is 1. The molecule has 2 heterocycles. The van der Waals surface area contributed by atoms with Gasteiger partial charge in [0.2, 0.25) is 5.91 Å². The molecule has 0 spiro atoms. The van der Waals surface area contributed by atoms with Crippen molar-refractivity contribution >= 4 is 40.3 Å². The molecule has 0 N–H and O–H groups in total. The monoisotopic (exact) mass is 381 g/mol. The van der Waals surface area contributed by atoms with Crippen molar-refractivity contribution in [2.24, 2.45) is 0 Å². The van der Waals surface area contributed by atoms with E-state index in [2.05, 4.69) is 9.55 Å². The number of benzene rings is 1. The number of hydrogen-bond acceptors (Lipinski definition) is 4. The molecule has 1 aromatic carbocycles. The molecule has 2 aromatic rings. The number of rotatable bonds is 6. The zero-order chi connectivity index (χ0) is 17.6. The number of aromatic nitrogens is 2. The van der Waals surface area contributed by atoms with Gasteiger partial charge < -0.3 is 14.2 Å². The van der Waals surface area contributed by atoms with E-state index in [0.717, 1.165) is 42.1 Å². The lowest BCUT2D eigenvalue weighted by atomic mass is 10.2. The summed E-state index contributed by atoms with van der Waals surface area (Å²) in [5, 5.41) is 1.51. The third-order valence-corrected chi connectivity index (χ3v) is 5.67. The number of thioether (sulfide) groups is 1. The first-order valence-electron chi connectivity index (χ1n) is 8.74. The Kier molecular flexibility index (Phi) is 6.62. The minimum atomic E-state index is 0.204. The van der Waals surface area contributed by atoms with Crippen molar-refractivity contribution in [2.45, 2.75) is 37.4 Å². The molecular weight excluding hydrogens is 358 g/mol. The summed E-state index contributed by atoms with van der Waals surface area (Å²) in [7, 11) is 1.69. The van der Waals surface area contributed by atoms with E-state index >= 15 is 0 Å². The van der Waals surface area contributed by atoms with Gasteiger partial charge in [0, 0.05) is 31.8 Å². The van der Waals surface area contributed by atoms with Gasteiger partial charge in [-0.05, 0) is 31.0 Å². The minimum absolute atomic E-state index is 0.204.